The second-order valence-corrected chi connectivity index (χ2v) is 6.08. The number of halogens is 3. The van der Waals surface area contributed by atoms with Gasteiger partial charge in [0.1, 0.15) is 11.5 Å². The monoisotopic (exact) mass is 395 g/mol. The maximum atomic E-state index is 12.8. The number of hydrogen-bond donors (Lipinski definition) is 1. The number of rotatable bonds is 4. The number of hydrogen-bond acceptors (Lipinski definition) is 4. The van der Waals surface area contributed by atoms with Crippen LogP contribution < -0.4 is 4.74 Å². The second-order valence-electron chi connectivity index (χ2n) is 6.08. The fraction of sp³-hybridized carbons (Fsp3) is 0.263. The lowest BCUT2D eigenvalue weighted by Gasteiger charge is -2.32. The van der Waals surface area contributed by atoms with E-state index < -0.39 is 29.7 Å². The van der Waals surface area contributed by atoms with Gasteiger partial charge in [-0.15, -0.1) is 0 Å². The number of benzene rings is 2. The molecule has 0 aromatic heterocycles. The minimum atomic E-state index is -4.50. The van der Waals surface area contributed by atoms with Crippen LogP contribution in [-0.2, 0) is 15.7 Å². The van der Waals surface area contributed by atoms with Crippen LogP contribution in [0.3, 0.4) is 0 Å². The average Bonchev–Trinajstić information content (AvgIpc) is 2.67. The van der Waals surface area contributed by atoms with E-state index in [4.69, 9.17) is 9.47 Å². The van der Waals surface area contributed by atoms with Gasteiger partial charge in [0.15, 0.2) is 6.04 Å². The molecule has 1 aliphatic heterocycles. The summed E-state index contributed by atoms with van der Waals surface area (Å²) in [6.07, 6.45) is -4.50. The minimum Gasteiger partial charge on any atom is -0.480 e. The number of alkyl halides is 3. The molecule has 148 valence electrons. The summed E-state index contributed by atoms with van der Waals surface area (Å²) >= 11 is 0. The molecule has 9 heteroatoms. The van der Waals surface area contributed by atoms with E-state index in [2.05, 4.69) is 0 Å². The molecule has 1 N–H and O–H groups in total. The Morgan fingerprint density at radius 3 is 2.46 bits per heavy atom. The van der Waals surface area contributed by atoms with Crippen LogP contribution in [-0.4, -0.2) is 47.7 Å². The Kier molecular flexibility index (Phi) is 5.55. The van der Waals surface area contributed by atoms with Gasteiger partial charge >= 0.3 is 12.1 Å². The minimum absolute atomic E-state index is 0.0331. The van der Waals surface area contributed by atoms with Gasteiger partial charge in [0, 0.05) is 12.1 Å². The summed E-state index contributed by atoms with van der Waals surface area (Å²) in [5, 5.41) is 9.26. The molecule has 1 unspecified atom stereocenters. The molecule has 0 aliphatic carbocycles. The van der Waals surface area contributed by atoms with Crippen LogP contribution in [0.1, 0.15) is 15.9 Å². The normalized spacial score (nSPS) is 17.2. The molecule has 0 bridgehead atoms. The molecule has 3 rings (SSSR count). The van der Waals surface area contributed by atoms with Crippen molar-refractivity contribution >= 4 is 11.9 Å². The Bertz CT molecular complexity index is 884. The predicted molar refractivity (Wildman–Crippen MR) is 91.2 cm³/mol. The van der Waals surface area contributed by atoms with Gasteiger partial charge in [0.25, 0.3) is 5.91 Å². The van der Waals surface area contributed by atoms with Crippen molar-refractivity contribution in [3.05, 3.63) is 59.7 Å². The van der Waals surface area contributed by atoms with Crippen LogP contribution >= 0.6 is 0 Å². The number of nitrogens with zero attached hydrogens (tertiary/aromatic N) is 1. The van der Waals surface area contributed by atoms with Crippen LogP contribution in [0.5, 0.6) is 11.5 Å². The summed E-state index contributed by atoms with van der Waals surface area (Å²) in [6, 6.07) is 9.11. The Labute approximate surface area is 158 Å². The number of carbonyl (C=O) groups excluding carboxylic acids is 1. The van der Waals surface area contributed by atoms with Crippen molar-refractivity contribution in [3.8, 4) is 11.5 Å². The first kappa shape index (κ1) is 19.7. The standard InChI is InChI=1S/C19H16F3NO5/c20-19(21,22)13-4-2-6-15(10-13)28-14-5-1-3-12(9-14)17(24)23-7-8-27-11-16(23)18(25)26/h1-6,9-10,16H,7-8,11H2,(H,25,26). The number of morpholine rings is 1. The number of carbonyl (C=O) groups is 2. The SMILES string of the molecule is O=C(O)C1COCCN1C(=O)c1cccc(Oc2cccc(C(F)(F)F)c2)c1. The quantitative estimate of drug-likeness (QED) is 0.859. The first-order chi connectivity index (χ1) is 13.3. The third-order valence-electron chi connectivity index (χ3n) is 4.15. The highest BCUT2D eigenvalue weighted by Gasteiger charge is 2.33. The molecular weight excluding hydrogens is 379 g/mol. The summed E-state index contributed by atoms with van der Waals surface area (Å²) in [5.74, 6) is -1.57. The highest BCUT2D eigenvalue weighted by Crippen LogP contribution is 2.33. The van der Waals surface area contributed by atoms with E-state index in [0.717, 1.165) is 12.1 Å². The van der Waals surface area contributed by atoms with Crippen molar-refractivity contribution in [2.24, 2.45) is 0 Å². The predicted octanol–water partition coefficient (Wildman–Crippen LogP) is 3.42. The van der Waals surface area contributed by atoms with Crippen LogP contribution in [0.4, 0.5) is 13.2 Å². The van der Waals surface area contributed by atoms with Crippen molar-refractivity contribution in [1.29, 1.82) is 0 Å². The highest BCUT2D eigenvalue weighted by atomic mass is 19.4. The van der Waals surface area contributed by atoms with E-state index in [1.165, 1.54) is 41.3 Å². The van der Waals surface area contributed by atoms with Crippen molar-refractivity contribution in [1.82, 2.24) is 4.90 Å². The summed E-state index contributed by atoms with van der Waals surface area (Å²) < 4.78 is 49.0. The fourth-order valence-electron chi connectivity index (χ4n) is 2.78. The van der Waals surface area contributed by atoms with Crippen LogP contribution in [0.2, 0.25) is 0 Å². The average molecular weight is 395 g/mol. The third-order valence-corrected chi connectivity index (χ3v) is 4.15. The van der Waals surface area contributed by atoms with Gasteiger partial charge in [0.05, 0.1) is 18.8 Å². The van der Waals surface area contributed by atoms with Crippen molar-refractivity contribution < 1.29 is 37.3 Å². The summed E-state index contributed by atoms with van der Waals surface area (Å²) in [6.45, 7) is 0.228. The fourth-order valence-corrected chi connectivity index (χ4v) is 2.78. The summed E-state index contributed by atoms with van der Waals surface area (Å²) in [7, 11) is 0. The van der Waals surface area contributed by atoms with E-state index in [-0.39, 0.29) is 36.8 Å². The molecule has 2 aromatic carbocycles. The second kappa shape index (κ2) is 7.89. The van der Waals surface area contributed by atoms with Crippen molar-refractivity contribution in [3.63, 3.8) is 0 Å². The van der Waals surface area contributed by atoms with Gasteiger partial charge in [-0.3, -0.25) is 4.79 Å². The van der Waals surface area contributed by atoms with E-state index >= 15 is 0 Å². The molecule has 1 fully saturated rings. The largest absolute Gasteiger partial charge is 0.480 e. The Morgan fingerprint density at radius 2 is 1.79 bits per heavy atom. The number of carboxylic acid groups (broad SMARTS) is 1. The molecule has 28 heavy (non-hydrogen) atoms. The Morgan fingerprint density at radius 1 is 1.11 bits per heavy atom. The number of ether oxygens (including phenoxy) is 2. The van der Waals surface area contributed by atoms with Gasteiger partial charge in [0.2, 0.25) is 0 Å². The molecular formula is C19H16F3NO5. The maximum absolute atomic E-state index is 12.8. The lowest BCUT2D eigenvalue weighted by Crippen LogP contribution is -2.52. The smallest absolute Gasteiger partial charge is 0.416 e. The van der Waals surface area contributed by atoms with E-state index in [0.29, 0.717) is 0 Å². The zero-order valence-corrected chi connectivity index (χ0v) is 14.5. The molecule has 6 nitrogen and oxygen atoms in total. The van der Waals surface area contributed by atoms with E-state index in [1.54, 1.807) is 0 Å². The summed E-state index contributed by atoms with van der Waals surface area (Å²) in [4.78, 5) is 25.2. The van der Waals surface area contributed by atoms with E-state index in [1.807, 2.05) is 0 Å². The Balaban J connectivity index is 1.81. The van der Waals surface area contributed by atoms with Crippen LogP contribution in [0, 0.1) is 0 Å². The van der Waals surface area contributed by atoms with Crippen LogP contribution in [0.15, 0.2) is 48.5 Å². The molecule has 1 aliphatic rings. The van der Waals surface area contributed by atoms with E-state index in [9.17, 15) is 27.9 Å². The topological polar surface area (TPSA) is 76.1 Å². The number of aliphatic carboxylic acids is 1. The molecule has 0 saturated carbocycles. The van der Waals surface area contributed by atoms with Gasteiger partial charge in [-0.25, -0.2) is 4.79 Å². The number of carboxylic acids is 1. The van der Waals surface area contributed by atoms with Gasteiger partial charge in [-0.2, -0.15) is 13.2 Å². The molecule has 0 spiro atoms. The maximum Gasteiger partial charge on any atom is 0.416 e. The lowest BCUT2D eigenvalue weighted by atomic mass is 10.1. The molecule has 0 radical (unpaired) electrons. The van der Waals surface area contributed by atoms with Crippen LogP contribution in [0.25, 0.3) is 0 Å². The summed E-state index contributed by atoms with van der Waals surface area (Å²) in [5.41, 5.74) is -0.688. The van der Waals surface area contributed by atoms with Crippen molar-refractivity contribution in [2.45, 2.75) is 12.2 Å². The zero-order chi connectivity index (χ0) is 20.3. The molecule has 1 amide bonds. The highest BCUT2D eigenvalue weighted by molar-refractivity contribution is 5.97. The van der Waals surface area contributed by atoms with Crippen molar-refractivity contribution in [2.75, 3.05) is 19.8 Å². The lowest BCUT2D eigenvalue weighted by molar-refractivity contribution is -0.147. The molecule has 1 saturated heterocycles. The van der Waals surface area contributed by atoms with Gasteiger partial charge in [-0.05, 0) is 36.4 Å². The van der Waals surface area contributed by atoms with Gasteiger partial charge < -0.3 is 19.5 Å². The molecule has 2 aromatic rings. The zero-order valence-electron chi connectivity index (χ0n) is 14.5. The first-order valence-corrected chi connectivity index (χ1v) is 8.32. The number of amides is 1. The third kappa shape index (κ3) is 4.42. The molecule has 1 atom stereocenters. The first-order valence-electron chi connectivity index (χ1n) is 8.32. The molecule has 1 heterocycles. The van der Waals surface area contributed by atoms with Gasteiger partial charge in [-0.1, -0.05) is 12.1 Å². The Hall–Kier alpha value is -3.07.